The fourth-order valence-electron chi connectivity index (χ4n) is 27.2. The van der Waals surface area contributed by atoms with Gasteiger partial charge in [0.05, 0.1) is 30.3 Å². The molecule has 21 rings (SSSR count). The van der Waals surface area contributed by atoms with Gasteiger partial charge in [0.15, 0.2) is 5.82 Å². The van der Waals surface area contributed by atoms with Gasteiger partial charge >= 0.3 is 24.4 Å². The van der Waals surface area contributed by atoms with E-state index in [1.165, 1.54) is 51.9 Å². The molecule has 6 amide bonds. The molecule has 8 saturated heterocycles. The van der Waals surface area contributed by atoms with Gasteiger partial charge in [-0.2, -0.15) is 13.4 Å². The van der Waals surface area contributed by atoms with Crippen molar-refractivity contribution in [3.63, 3.8) is 0 Å². The molecule has 6 N–H and O–H groups in total. The van der Waals surface area contributed by atoms with E-state index in [0.29, 0.717) is 159 Å². The number of likely N-dealkylation sites (N-methyl/N-ethyl adjacent to an activating group) is 1. The Morgan fingerprint density at radius 3 is 1.30 bits per heavy atom. The molecule has 24 atom stereocenters. The monoisotopic (exact) mass is 2060 g/mol. The molecule has 9 aliphatic carbocycles. The molecule has 7 unspecified atom stereocenters. The van der Waals surface area contributed by atoms with Crippen LogP contribution in [-0.4, -0.2) is 321 Å². The predicted octanol–water partition coefficient (Wildman–Crippen LogP) is 15.7. The zero-order valence-corrected chi connectivity index (χ0v) is 91.4. The molecule has 2 aromatic rings. The molecule has 19 aliphatic rings. The van der Waals surface area contributed by atoms with E-state index >= 15 is 0 Å². The highest BCUT2D eigenvalue weighted by molar-refractivity contribution is 7.86. The first-order valence-electron chi connectivity index (χ1n) is 54.2. The van der Waals surface area contributed by atoms with E-state index in [1.54, 1.807) is 30.7 Å². The number of carbonyl (C=O) groups excluding carboxylic acids is 7. The minimum atomic E-state index is -3.40. The van der Waals surface area contributed by atoms with E-state index in [4.69, 9.17) is 55.2 Å². The van der Waals surface area contributed by atoms with Crippen LogP contribution in [0.15, 0.2) is 33.7 Å². The zero-order valence-electron chi connectivity index (χ0n) is 90.5. The van der Waals surface area contributed by atoms with E-state index < -0.39 is 38.1 Å². The van der Waals surface area contributed by atoms with Gasteiger partial charge in [0.1, 0.15) is 51.3 Å². The number of benzene rings is 1. The molecule has 10 aliphatic heterocycles. The van der Waals surface area contributed by atoms with Crippen molar-refractivity contribution in [1.82, 2.24) is 54.9 Å². The zero-order chi connectivity index (χ0) is 106. The minimum absolute atomic E-state index is 0.0158. The first-order valence-corrected chi connectivity index (χ1v) is 56.0. The number of aliphatic hydroxyl groups excluding tert-OH is 1. The molecule has 9 saturated carbocycles. The molecule has 1 aromatic heterocycles. The van der Waals surface area contributed by atoms with Gasteiger partial charge in [-0.1, -0.05) is 35.1 Å². The molecule has 1 aromatic carbocycles. The van der Waals surface area contributed by atoms with Gasteiger partial charge in [-0.15, -0.1) is 0 Å². The lowest BCUT2D eigenvalue weighted by Gasteiger charge is -2.43. The Bertz CT molecular complexity index is 5050. The summed E-state index contributed by atoms with van der Waals surface area (Å²) in [7, 11) is 4.99. The third kappa shape index (κ3) is 30.0. The number of azide groups is 3. The van der Waals surface area contributed by atoms with Crippen molar-refractivity contribution in [1.29, 1.82) is 0 Å². The number of Topliss-reactive ketones (excluding diaryl/α,β-unsaturated/α-hetero) is 1. The van der Waals surface area contributed by atoms with Gasteiger partial charge in [-0.25, -0.2) is 24.2 Å². The molecule has 0 radical (unpaired) electrons. The molecule has 146 heavy (non-hydrogen) atoms. The van der Waals surface area contributed by atoms with Gasteiger partial charge in [0.2, 0.25) is 11.9 Å². The van der Waals surface area contributed by atoms with Crippen LogP contribution in [0.1, 0.15) is 255 Å². The van der Waals surface area contributed by atoms with Crippen LogP contribution in [0.5, 0.6) is 5.75 Å². The van der Waals surface area contributed by atoms with Crippen molar-refractivity contribution in [2.75, 3.05) is 154 Å². The largest absolute Gasteiger partial charge is 0.485 e. The average Bonchev–Trinajstić information content (AvgIpc) is 1.65. The molecule has 0 bridgehead atoms. The van der Waals surface area contributed by atoms with Crippen LogP contribution in [-0.2, 0) is 49.3 Å². The summed E-state index contributed by atoms with van der Waals surface area (Å²) in [6, 6.07) is 5.34. The van der Waals surface area contributed by atoms with E-state index in [1.807, 2.05) is 102 Å². The van der Waals surface area contributed by atoms with Crippen LogP contribution in [0, 0.1) is 94.7 Å². The Hall–Kier alpha value is -9.01. The van der Waals surface area contributed by atoms with E-state index in [9.17, 15) is 47.1 Å². The molecule has 812 valence electrons. The number of rotatable bonds is 11. The fraction of sp³-hybridized carbons (Fsp3) is 0.838. The fourth-order valence-corrected chi connectivity index (χ4v) is 27.9. The highest BCUT2D eigenvalue weighted by Gasteiger charge is 2.52. The quantitative estimate of drug-likeness (QED) is 0.0458. The van der Waals surface area contributed by atoms with Crippen molar-refractivity contribution in [2.24, 2.45) is 116 Å². The maximum atomic E-state index is 13.6. The lowest BCUT2D eigenvalue weighted by molar-refractivity contribution is -0.120. The Morgan fingerprint density at radius 1 is 0.541 bits per heavy atom. The first-order chi connectivity index (χ1) is 68.7. The molecular weight excluding hydrogens is 1890 g/mol. The van der Waals surface area contributed by atoms with Gasteiger partial charge in [0, 0.05) is 180 Å². The number of nitrogens with zero attached hydrogens (tertiary/aromatic N) is 20. The number of ketones is 1. The molecule has 40 nitrogen and oxygen atoms in total. The van der Waals surface area contributed by atoms with Crippen LogP contribution < -0.4 is 36.2 Å². The van der Waals surface area contributed by atoms with E-state index in [0.717, 1.165) is 200 Å². The van der Waals surface area contributed by atoms with Gasteiger partial charge < -0.3 is 94.6 Å². The standard InChI is InChI=1S/C33H45N7O3.C13H23NO5S.C12H20N4O2.C12H21NO3.C12H19NO3.C8H14N4.C8H16N2.C7H12N4/c1-6-26-31(42)39(5)27-16-34-32(37-29(27)40(26)22-9-7-8-10-22)36-25-12-11-23(24-15-33(2,3)43-28(24)25)30(41)35-21-13-19-17-38(4)18-20(19)14-21;1-13(2,3)18-12(15)14-7-9-5-11(6-10(9)8-14)19-20(4,16)17;1-12(2,3)18-11(17)16-6-8-4-10(14-15-13)5-9(8)7-16;2*1-12(2,3)16-11(15)13-6-8-4-10(14)5-9(8)7-13;1-12-4-6-2-8(10-11-9)3-7(6)5-12;1-10-4-6-2-8(9)3-7(6)5-10;8-11-10-7-1-5-3-9-4-6(5)2-7/h11-12,16,19-22,26H,6-10,13-15,17-18H2,1-5H3,(H,35,41)(H,34,36,37);9-11H,5-8H2,1-4H3;8-10H,4-7H2,1-3H3;8-10,14H,4-7H2,1-3H3;8-9H,4-7H2,1-3H3;6-8H,2-5H2,1H3;6-8H,2-5,9H2,1H3;5-7,9H,1-4H2/t19-,20+,21?,26-;9-,10+,11?;2*8-,9+,10?;8-,9+;2*6-,7+,8?;5-,6+,7?/m1......./s1. The van der Waals surface area contributed by atoms with Crippen molar-refractivity contribution in [2.45, 2.75) is 328 Å². The summed E-state index contributed by atoms with van der Waals surface area (Å²) in [5.74, 6) is 12.0. The summed E-state index contributed by atoms with van der Waals surface area (Å²) >= 11 is 0. The predicted molar refractivity (Wildman–Crippen MR) is 557 cm³/mol. The summed E-state index contributed by atoms with van der Waals surface area (Å²) < 4.78 is 55.1. The van der Waals surface area contributed by atoms with Crippen molar-refractivity contribution in [3.8, 4) is 5.75 Å². The SMILES string of the molecule is CC(C)(C)OC(=O)N1C[C@H]2CC(=O)C[C@H]2C1.CC(C)(C)OC(=O)N1C[C@H]2CC(N=[N+]=[N-])C[C@H]2C1.CC(C)(C)OC(=O)N1C[C@H]2CC(O)C[C@H]2C1.CC(C)(C)OC(=O)N1C[C@H]2CC(OS(C)(=O)=O)C[C@H]2C1.CC[C@@H]1C(=O)N(C)c2cnc(Nc3ccc(C(=O)NC4C[C@@H]5CN(C)C[C@@H]5C4)c4c3OC(C)(C)C4)nc2N1C1CCCC1.CN1C[C@H]2CC(N)C[C@H]2C1.CN1C[C@H]2CC(N=[N+]=[N-])C[C@H]2C1.[N-]=[N+]=NC1C[C@H]2CNC[C@H]2C1. The summed E-state index contributed by atoms with van der Waals surface area (Å²) in [6.07, 6.45) is 22.5. The van der Waals surface area contributed by atoms with E-state index in [2.05, 4.69) is 113 Å². The lowest BCUT2D eigenvalue weighted by atomic mass is 9.96. The topological polar surface area (TPSA) is 493 Å². The second kappa shape index (κ2) is 47.3. The number of fused-ring (bicyclic) bond motifs is 10. The highest BCUT2D eigenvalue weighted by atomic mass is 32.2. The third-order valence-electron chi connectivity index (χ3n) is 33.2. The number of nitrogens with two attached hydrogens (primary N) is 1. The Balaban J connectivity index is 0.000000140. The number of anilines is 4. The van der Waals surface area contributed by atoms with Crippen LogP contribution in [0.25, 0.3) is 31.3 Å². The first kappa shape index (κ1) is 113. The van der Waals surface area contributed by atoms with Crippen LogP contribution in [0.2, 0.25) is 0 Å². The summed E-state index contributed by atoms with van der Waals surface area (Å²) in [5, 5.41) is 31.0. The molecule has 11 heterocycles. The number of amides is 6. The molecule has 0 spiro atoms. The Kier molecular flexibility index (Phi) is 36.5. The summed E-state index contributed by atoms with van der Waals surface area (Å²) in [4.78, 5) is 122. The molecular formula is C105H170N24O16S. The number of nitrogens with one attached hydrogen (secondary N) is 3. The minimum Gasteiger partial charge on any atom is -0.485 e. The third-order valence-corrected chi connectivity index (χ3v) is 33.8. The maximum absolute atomic E-state index is 13.6. The second-order valence-corrected chi connectivity index (χ2v) is 52.2. The number of hydrogen-bond acceptors (Lipinski definition) is 28. The van der Waals surface area contributed by atoms with Gasteiger partial charge in [0.25, 0.3) is 16.0 Å². The van der Waals surface area contributed by atoms with E-state index in [-0.39, 0.29) is 72.6 Å². The smallest absolute Gasteiger partial charge is 0.410 e. The lowest BCUT2D eigenvalue weighted by Crippen LogP contribution is -2.55. The van der Waals surface area contributed by atoms with Crippen LogP contribution in [0.3, 0.4) is 0 Å². The van der Waals surface area contributed by atoms with Gasteiger partial charge in [-0.3, -0.25) is 18.6 Å². The summed E-state index contributed by atoms with van der Waals surface area (Å²) in [6.45, 7) is 43.7. The second-order valence-electron chi connectivity index (χ2n) is 50.6. The average molecular weight is 2060 g/mol. The number of carbonyl (C=O) groups is 7. The number of aromatic nitrogens is 2. The highest BCUT2D eigenvalue weighted by Crippen LogP contribution is 2.50. The normalized spacial score (nSPS) is 33.0. The summed E-state index contributed by atoms with van der Waals surface area (Å²) in [5.41, 5.74) is 31.7. The number of aliphatic hydroxyl groups is 1. The van der Waals surface area contributed by atoms with Crippen molar-refractivity contribution in [3.05, 3.63) is 60.8 Å². The van der Waals surface area contributed by atoms with Crippen molar-refractivity contribution < 1.29 is 75.0 Å². The molecule has 17 fully saturated rings. The molecule has 41 heteroatoms. The maximum Gasteiger partial charge on any atom is 0.410 e. The number of hydrogen-bond donors (Lipinski definition) is 5. The van der Waals surface area contributed by atoms with Crippen molar-refractivity contribution >= 4 is 75.2 Å². The number of ether oxygens (including phenoxy) is 5. The van der Waals surface area contributed by atoms with Crippen LogP contribution >= 0.6 is 0 Å². The van der Waals surface area contributed by atoms with Gasteiger partial charge in [-0.05, 0) is 364 Å². The Labute approximate surface area is 864 Å². The Morgan fingerprint density at radius 2 is 0.911 bits per heavy atom. The van der Waals surface area contributed by atoms with Crippen LogP contribution in [0.4, 0.5) is 42.3 Å². The number of likely N-dealkylation sites (tertiary alicyclic amines) is 7.